The predicted octanol–water partition coefficient (Wildman–Crippen LogP) is 2.01. The molecule has 1 atom stereocenters. The molecule has 3 N–H and O–H groups in total. The Morgan fingerprint density at radius 2 is 1.96 bits per heavy atom. The molecule has 23 heavy (non-hydrogen) atoms. The van der Waals surface area contributed by atoms with Gasteiger partial charge in [0.25, 0.3) is 0 Å². The number of hydrogen-bond donors (Lipinski definition) is 3. The van der Waals surface area contributed by atoms with Gasteiger partial charge in [0, 0.05) is 4.88 Å². The molecule has 0 radical (unpaired) electrons. The van der Waals surface area contributed by atoms with Crippen LogP contribution in [0.3, 0.4) is 0 Å². The normalized spacial score (nSPS) is 12.2. The van der Waals surface area contributed by atoms with Gasteiger partial charge in [-0.1, -0.05) is 37.3 Å². The molecule has 3 nitrogen and oxygen atoms in total. The first-order valence-corrected chi connectivity index (χ1v) is 9.34. The molecule has 0 aliphatic rings. The van der Waals surface area contributed by atoms with Crippen LogP contribution in [0.4, 0.5) is 0 Å². The first-order valence-electron chi connectivity index (χ1n) is 8.05. The van der Waals surface area contributed by atoms with Gasteiger partial charge < -0.3 is 15.5 Å². The zero-order valence-corrected chi connectivity index (χ0v) is 15.7. The standard InChI is InChI=1S/C18H25N3S2/c1-4-14-7-9-15(10-8-14)17(16-6-5-13-23-16)20-18(22)19-11-12-21(2)3/h5-10,13,17H,4,11-12H2,1-3H3,(H2,19,20,22)/p+1/t17-/m0/s1. The number of hydrogen-bond acceptors (Lipinski definition) is 2. The van der Waals surface area contributed by atoms with Crippen LogP contribution in [-0.2, 0) is 6.42 Å². The van der Waals surface area contributed by atoms with Crippen molar-refractivity contribution in [3.8, 4) is 0 Å². The topological polar surface area (TPSA) is 28.5 Å². The summed E-state index contributed by atoms with van der Waals surface area (Å²) in [5.41, 5.74) is 2.60. The van der Waals surface area contributed by atoms with E-state index in [4.69, 9.17) is 12.2 Å². The first kappa shape index (κ1) is 17.9. The van der Waals surface area contributed by atoms with Crippen LogP contribution in [0.1, 0.15) is 29.0 Å². The second-order valence-electron chi connectivity index (χ2n) is 5.90. The Hall–Kier alpha value is -1.43. The van der Waals surface area contributed by atoms with Crippen LogP contribution in [0, 0.1) is 0 Å². The van der Waals surface area contributed by atoms with Crippen molar-refractivity contribution in [1.29, 1.82) is 0 Å². The van der Waals surface area contributed by atoms with E-state index < -0.39 is 0 Å². The third-order valence-corrected chi connectivity index (χ3v) is 4.93. The lowest BCUT2D eigenvalue weighted by Crippen LogP contribution is -3.06. The lowest BCUT2D eigenvalue weighted by molar-refractivity contribution is -0.856. The minimum atomic E-state index is 0.104. The number of quaternary nitrogens is 1. The van der Waals surface area contributed by atoms with E-state index in [1.807, 2.05) is 0 Å². The molecule has 1 heterocycles. The number of likely N-dealkylation sites (N-methyl/N-ethyl adjacent to an activating group) is 1. The monoisotopic (exact) mass is 348 g/mol. The SMILES string of the molecule is CCc1ccc([C@H](NC(=S)NCC[NH+](C)C)c2cccs2)cc1. The fourth-order valence-corrected chi connectivity index (χ4v) is 3.35. The fraction of sp³-hybridized carbons (Fsp3) is 0.389. The third kappa shape index (κ3) is 5.61. The average molecular weight is 349 g/mol. The molecule has 124 valence electrons. The summed E-state index contributed by atoms with van der Waals surface area (Å²) in [5, 5.41) is 9.59. The predicted molar refractivity (Wildman–Crippen MR) is 103 cm³/mol. The van der Waals surface area contributed by atoms with Crippen LogP contribution >= 0.6 is 23.6 Å². The largest absolute Gasteiger partial charge is 0.357 e. The number of benzene rings is 1. The molecule has 2 aromatic rings. The van der Waals surface area contributed by atoms with E-state index in [0.29, 0.717) is 5.11 Å². The van der Waals surface area contributed by atoms with Gasteiger partial charge in [0.05, 0.1) is 33.2 Å². The number of thiocarbonyl (C=S) groups is 1. The van der Waals surface area contributed by atoms with Crippen LogP contribution in [0.25, 0.3) is 0 Å². The van der Waals surface area contributed by atoms with Crippen LogP contribution in [0.2, 0.25) is 0 Å². The summed E-state index contributed by atoms with van der Waals surface area (Å²) < 4.78 is 0. The van der Waals surface area contributed by atoms with E-state index in [2.05, 4.69) is 73.4 Å². The van der Waals surface area contributed by atoms with E-state index in [1.54, 1.807) is 11.3 Å². The molecule has 0 saturated heterocycles. The average Bonchev–Trinajstić information content (AvgIpc) is 3.06. The van der Waals surface area contributed by atoms with Crippen LogP contribution < -0.4 is 15.5 Å². The van der Waals surface area contributed by atoms with E-state index in [-0.39, 0.29) is 6.04 Å². The van der Waals surface area contributed by atoms with Crippen LogP contribution in [0.5, 0.6) is 0 Å². The molecule has 0 spiro atoms. The summed E-state index contributed by atoms with van der Waals surface area (Å²) in [6.45, 7) is 4.09. The quantitative estimate of drug-likeness (QED) is 0.669. The zero-order chi connectivity index (χ0) is 16.7. The van der Waals surface area contributed by atoms with Gasteiger partial charge in [0.15, 0.2) is 5.11 Å². The Bertz CT molecular complexity index is 591. The second kappa shape index (κ2) is 9.01. The van der Waals surface area contributed by atoms with Gasteiger partial charge in [-0.25, -0.2) is 0 Å². The van der Waals surface area contributed by atoms with Crippen LogP contribution in [-0.4, -0.2) is 32.3 Å². The highest BCUT2D eigenvalue weighted by molar-refractivity contribution is 7.80. The minimum absolute atomic E-state index is 0.104. The van der Waals surface area contributed by atoms with Gasteiger partial charge in [0.1, 0.15) is 0 Å². The van der Waals surface area contributed by atoms with Gasteiger partial charge in [0.2, 0.25) is 0 Å². The Morgan fingerprint density at radius 1 is 1.22 bits per heavy atom. The maximum absolute atomic E-state index is 5.48. The van der Waals surface area contributed by atoms with Crippen LogP contribution in [0.15, 0.2) is 41.8 Å². The molecule has 1 aromatic carbocycles. The van der Waals surface area contributed by atoms with Crippen molar-refractivity contribution in [3.05, 3.63) is 57.8 Å². The molecule has 0 amide bonds. The molecule has 0 fully saturated rings. The Morgan fingerprint density at radius 3 is 2.52 bits per heavy atom. The lowest BCUT2D eigenvalue weighted by atomic mass is 10.0. The second-order valence-corrected chi connectivity index (χ2v) is 7.29. The number of rotatable bonds is 7. The highest BCUT2D eigenvalue weighted by Crippen LogP contribution is 2.26. The highest BCUT2D eigenvalue weighted by atomic mass is 32.1. The minimum Gasteiger partial charge on any atom is -0.357 e. The van der Waals surface area contributed by atoms with Crippen molar-refractivity contribution >= 4 is 28.7 Å². The number of thiophene rings is 1. The molecular weight excluding hydrogens is 322 g/mol. The van der Waals surface area contributed by atoms with E-state index in [9.17, 15) is 0 Å². The summed E-state index contributed by atoms with van der Waals surface area (Å²) in [7, 11) is 4.28. The van der Waals surface area contributed by atoms with Crippen molar-refractivity contribution in [3.63, 3.8) is 0 Å². The smallest absolute Gasteiger partial charge is 0.167 e. The molecule has 0 saturated carbocycles. The van der Waals surface area contributed by atoms with Crippen molar-refractivity contribution in [2.24, 2.45) is 0 Å². The molecule has 0 unspecified atom stereocenters. The van der Waals surface area contributed by atoms with Crippen molar-refractivity contribution < 1.29 is 4.90 Å². The van der Waals surface area contributed by atoms with Gasteiger partial charge in [-0.15, -0.1) is 11.3 Å². The van der Waals surface area contributed by atoms with Gasteiger partial charge in [-0.3, -0.25) is 0 Å². The summed E-state index contributed by atoms with van der Waals surface area (Å²) >= 11 is 7.23. The Labute approximate surface area is 148 Å². The lowest BCUT2D eigenvalue weighted by Gasteiger charge is -2.21. The zero-order valence-electron chi connectivity index (χ0n) is 14.1. The number of nitrogens with one attached hydrogen (secondary N) is 3. The molecule has 1 aromatic heterocycles. The van der Waals surface area contributed by atoms with Gasteiger partial charge >= 0.3 is 0 Å². The summed E-state index contributed by atoms with van der Waals surface area (Å²) in [6.07, 6.45) is 1.06. The fourth-order valence-electron chi connectivity index (χ4n) is 2.33. The Balaban J connectivity index is 2.07. The third-order valence-electron chi connectivity index (χ3n) is 3.73. The molecule has 2 rings (SSSR count). The Kier molecular flexibility index (Phi) is 7.02. The molecule has 0 bridgehead atoms. The van der Waals surface area contributed by atoms with Gasteiger partial charge in [-0.05, 0) is 41.2 Å². The van der Waals surface area contributed by atoms with Crippen molar-refractivity contribution in [2.45, 2.75) is 19.4 Å². The van der Waals surface area contributed by atoms with E-state index in [1.165, 1.54) is 20.9 Å². The first-order chi connectivity index (χ1) is 11.1. The molecule has 0 aliphatic heterocycles. The maximum Gasteiger partial charge on any atom is 0.167 e. The van der Waals surface area contributed by atoms with Crippen molar-refractivity contribution in [1.82, 2.24) is 10.6 Å². The maximum atomic E-state index is 5.48. The highest BCUT2D eigenvalue weighted by Gasteiger charge is 2.16. The molecule has 0 aliphatic carbocycles. The van der Waals surface area contributed by atoms with E-state index >= 15 is 0 Å². The summed E-state index contributed by atoms with van der Waals surface area (Å²) in [5.74, 6) is 0. The van der Waals surface area contributed by atoms with E-state index in [0.717, 1.165) is 19.5 Å². The number of aryl methyl sites for hydroxylation is 1. The summed E-state index contributed by atoms with van der Waals surface area (Å²) in [6, 6.07) is 13.1. The molecule has 5 heteroatoms. The molecular formula is C18H26N3S2+. The van der Waals surface area contributed by atoms with Crippen molar-refractivity contribution in [2.75, 3.05) is 27.2 Å². The summed E-state index contributed by atoms with van der Waals surface area (Å²) in [4.78, 5) is 2.68. The van der Waals surface area contributed by atoms with Gasteiger partial charge in [-0.2, -0.15) is 0 Å².